The van der Waals surface area contributed by atoms with Crippen LogP contribution in [0.4, 0.5) is 10.1 Å². The molecule has 0 radical (unpaired) electrons. The average Bonchev–Trinajstić information content (AvgIpc) is 3.71. The van der Waals surface area contributed by atoms with Crippen molar-refractivity contribution in [3.05, 3.63) is 88.2 Å². The van der Waals surface area contributed by atoms with Crippen LogP contribution in [0.15, 0.2) is 71.0 Å². The molecule has 0 unspecified atom stereocenters. The number of halogens is 1. The first-order valence-electron chi connectivity index (χ1n) is 14.0. The van der Waals surface area contributed by atoms with Gasteiger partial charge in [0.15, 0.2) is 5.01 Å². The van der Waals surface area contributed by atoms with Crippen LogP contribution in [-0.2, 0) is 16.4 Å². The summed E-state index contributed by atoms with van der Waals surface area (Å²) in [5.41, 5.74) is 2.87. The smallest absolute Gasteiger partial charge is 0.244 e. The number of thiazole rings is 1. The topological polar surface area (TPSA) is 101 Å². The van der Waals surface area contributed by atoms with E-state index in [-0.39, 0.29) is 36.0 Å². The number of Topliss-reactive ketones (excluding diaryl/α,β-unsaturated/α-hetero) is 1. The second kappa shape index (κ2) is 10.5. The van der Waals surface area contributed by atoms with Crippen molar-refractivity contribution in [3.8, 4) is 5.69 Å². The van der Waals surface area contributed by atoms with Gasteiger partial charge >= 0.3 is 0 Å². The van der Waals surface area contributed by atoms with Crippen LogP contribution in [0.2, 0.25) is 0 Å². The summed E-state index contributed by atoms with van der Waals surface area (Å²) in [7, 11) is -3.94. The van der Waals surface area contributed by atoms with E-state index in [1.165, 1.54) is 40.4 Å². The maximum Gasteiger partial charge on any atom is 0.244 e. The SMILES string of the molecule is O=C(c1nccs1)[C@]12Cc3cnn(-c4ccc(F)cc4)c3C=C1CCN(S(=O)(=O)c1cncc(N3CCCCC3)c1)C2. The van der Waals surface area contributed by atoms with Crippen molar-refractivity contribution in [2.45, 2.75) is 37.0 Å². The number of carbonyl (C=O) groups excluding carboxylic acids is 1. The number of anilines is 1. The molecule has 0 amide bonds. The lowest BCUT2D eigenvalue weighted by Crippen LogP contribution is -2.53. The van der Waals surface area contributed by atoms with Gasteiger partial charge in [0.05, 0.1) is 34.9 Å². The number of pyridine rings is 1. The van der Waals surface area contributed by atoms with E-state index < -0.39 is 15.4 Å². The van der Waals surface area contributed by atoms with Gasteiger partial charge < -0.3 is 4.90 Å². The molecule has 0 spiro atoms. The average molecular weight is 605 g/mol. The lowest BCUT2D eigenvalue weighted by molar-refractivity contribution is 0.0775. The number of sulfonamides is 1. The molecular formula is C30H29FN6O3S2. The Morgan fingerprint density at radius 2 is 1.81 bits per heavy atom. The highest BCUT2D eigenvalue weighted by Gasteiger charge is 2.51. The van der Waals surface area contributed by atoms with Crippen molar-refractivity contribution in [1.82, 2.24) is 24.1 Å². The van der Waals surface area contributed by atoms with E-state index in [1.54, 1.807) is 46.9 Å². The standard InChI is InChI=1S/C30H29FN6O3S2/c31-23-4-6-24(7-5-23)37-27-14-22-8-12-36(20-30(22,16-21(27)17-34-37)28(38)29-33-9-13-41-29)42(39,40)26-15-25(18-32-19-26)35-10-2-1-3-11-35/h4-7,9,13-15,17-19H,1-3,8,10-12,16,20H2/t30-/m0/s1. The van der Waals surface area contributed by atoms with Crippen LogP contribution in [0.25, 0.3) is 11.8 Å². The molecule has 4 aromatic rings. The zero-order chi connectivity index (χ0) is 28.9. The number of ketones is 1. The molecule has 1 aliphatic carbocycles. The van der Waals surface area contributed by atoms with Crippen molar-refractivity contribution < 1.29 is 17.6 Å². The Labute approximate surface area is 247 Å². The van der Waals surface area contributed by atoms with Crippen molar-refractivity contribution in [1.29, 1.82) is 0 Å². The molecule has 1 atom stereocenters. The van der Waals surface area contributed by atoms with Gasteiger partial charge in [0.2, 0.25) is 15.8 Å². The van der Waals surface area contributed by atoms with Gasteiger partial charge in [-0.1, -0.05) is 5.57 Å². The van der Waals surface area contributed by atoms with Gasteiger partial charge in [-0.2, -0.15) is 9.40 Å². The third kappa shape index (κ3) is 4.58. The van der Waals surface area contributed by atoms with Gasteiger partial charge in [-0.15, -0.1) is 11.3 Å². The quantitative estimate of drug-likeness (QED) is 0.293. The molecule has 0 saturated carbocycles. The molecule has 2 fully saturated rings. The van der Waals surface area contributed by atoms with E-state index in [2.05, 4.69) is 20.0 Å². The Bertz CT molecular complexity index is 1780. The number of fused-ring (bicyclic) bond motifs is 2. The Morgan fingerprint density at radius 1 is 1.00 bits per heavy atom. The molecule has 7 rings (SSSR count). The molecule has 3 aromatic heterocycles. The van der Waals surface area contributed by atoms with Crippen molar-refractivity contribution in [2.24, 2.45) is 5.41 Å². The van der Waals surface area contributed by atoms with E-state index in [0.29, 0.717) is 17.1 Å². The number of piperidine rings is 2. The normalized spacial score (nSPS) is 21.0. The monoisotopic (exact) mass is 604 g/mol. The van der Waals surface area contributed by atoms with Crippen LogP contribution >= 0.6 is 11.3 Å². The fourth-order valence-electron chi connectivity index (χ4n) is 6.37. The van der Waals surface area contributed by atoms with E-state index in [0.717, 1.165) is 48.4 Å². The number of nitrogens with zero attached hydrogens (tertiary/aromatic N) is 6. The van der Waals surface area contributed by atoms with Gasteiger partial charge in [0, 0.05) is 44.0 Å². The molecule has 216 valence electrons. The summed E-state index contributed by atoms with van der Waals surface area (Å²) >= 11 is 1.26. The predicted octanol–water partition coefficient (Wildman–Crippen LogP) is 4.76. The molecule has 1 aromatic carbocycles. The van der Waals surface area contributed by atoms with E-state index in [9.17, 15) is 17.6 Å². The van der Waals surface area contributed by atoms with Crippen molar-refractivity contribution in [2.75, 3.05) is 31.1 Å². The van der Waals surface area contributed by atoms with E-state index in [4.69, 9.17) is 0 Å². The minimum atomic E-state index is -3.94. The summed E-state index contributed by atoms with van der Waals surface area (Å²) in [6.07, 6.45) is 12.4. The number of benzene rings is 1. The zero-order valence-electron chi connectivity index (χ0n) is 22.8. The Balaban J connectivity index is 1.26. The molecule has 2 saturated heterocycles. The molecule has 9 nitrogen and oxygen atoms in total. The molecular weight excluding hydrogens is 576 g/mol. The Morgan fingerprint density at radius 3 is 2.57 bits per heavy atom. The van der Waals surface area contributed by atoms with Crippen LogP contribution in [0.5, 0.6) is 0 Å². The molecule has 0 bridgehead atoms. The van der Waals surface area contributed by atoms with Crippen LogP contribution in [0, 0.1) is 11.2 Å². The van der Waals surface area contributed by atoms with Crippen LogP contribution < -0.4 is 4.90 Å². The van der Waals surface area contributed by atoms with Crippen LogP contribution in [0.3, 0.4) is 0 Å². The summed E-state index contributed by atoms with van der Waals surface area (Å²) < 4.78 is 44.9. The van der Waals surface area contributed by atoms with Crippen LogP contribution in [-0.4, -0.2) is 64.4 Å². The largest absolute Gasteiger partial charge is 0.370 e. The van der Waals surface area contributed by atoms with Gasteiger partial charge in [-0.25, -0.2) is 22.5 Å². The van der Waals surface area contributed by atoms with Gasteiger partial charge in [-0.05, 0) is 74.1 Å². The predicted molar refractivity (Wildman–Crippen MR) is 158 cm³/mol. The highest BCUT2D eigenvalue weighted by atomic mass is 32.2. The first-order chi connectivity index (χ1) is 20.3. The summed E-state index contributed by atoms with van der Waals surface area (Å²) in [5, 5.41) is 6.66. The fourth-order valence-corrected chi connectivity index (χ4v) is 8.53. The highest BCUT2D eigenvalue weighted by molar-refractivity contribution is 7.89. The number of hydrogen-bond donors (Lipinski definition) is 0. The highest BCUT2D eigenvalue weighted by Crippen LogP contribution is 2.47. The minimum absolute atomic E-state index is 0.00527. The first kappa shape index (κ1) is 27.1. The number of hydrogen-bond acceptors (Lipinski definition) is 8. The van der Waals surface area contributed by atoms with Gasteiger partial charge in [0.1, 0.15) is 10.7 Å². The van der Waals surface area contributed by atoms with Crippen molar-refractivity contribution >= 4 is 38.9 Å². The molecule has 0 N–H and O–H groups in total. The van der Waals surface area contributed by atoms with Crippen LogP contribution in [0.1, 0.15) is 46.7 Å². The minimum Gasteiger partial charge on any atom is -0.370 e. The number of aromatic nitrogens is 4. The van der Waals surface area contributed by atoms with E-state index >= 15 is 0 Å². The second-order valence-electron chi connectivity index (χ2n) is 11.1. The molecule has 5 heterocycles. The molecule has 2 aliphatic heterocycles. The number of carbonyl (C=O) groups is 1. The van der Waals surface area contributed by atoms with Gasteiger partial charge in [0.25, 0.3) is 0 Å². The zero-order valence-corrected chi connectivity index (χ0v) is 24.5. The van der Waals surface area contributed by atoms with Crippen molar-refractivity contribution in [3.63, 3.8) is 0 Å². The number of rotatable bonds is 6. The molecule has 12 heteroatoms. The van der Waals surface area contributed by atoms with E-state index in [1.807, 2.05) is 6.08 Å². The maximum atomic E-state index is 14.2. The summed E-state index contributed by atoms with van der Waals surface area (Å²) in [4.78, 5) is 25.1. The third-order valence-corrected chi connectivity index (χ3v) is 11.2. The van der Waals surface area contributed by atoms with Gasteiger partial charge in [-0.3, -0.25) is 9.78 Å². The lowest BCUT2D eigenvalue weighted by Gasteiger charge is -2.44. The maximum absolute atomic E-state index is 14.2. The molecule has 3 aliphatic rings. The Kier molecular flexibility index (Phi) is 6.79. The second-order valence-corrected chi connectivity index (χ2v) is 13.9. The Hall–Kier alpha value is -3.74. The summed E-state index contributed by atoms with van der Waals surface area (Å²) in [5.74, 6) is -0.527. The fraction of sp³-hybridized carbons (Fsp3) is 0.333. The third-order valence-electron chi connectivity index (χ3n) is 8.57. The summed E-state index contributed by atoms with van der Waals surface area (Å²) in [6.45, 7) is 1.98. The molecule has 42 heavy (non-hydrogen) atoms. The lowest BCUT2D eigenvalue weighted by atomic mass is 9.66. The first-order valence-corrected chi connectivity index (χ1v) is 16.4. The summed E-state index contributed by atoms with van der Waals surface area (Å²) in [6, 6.07) is 7.79.